The Balaban J connectivity index is 2.03. The van der Waals surface area contributed by atoms with Crippen LogP contribution in [0.5, 0.6) is 0 Å². The van der Waals surface area contributed by atoms with E-state index in [1.807, 2.05) is 12.3 Å². The number of carboxylic acids is 1. The third-order valence-electron chi connectivity index (χ3n) is 2.84. The van der Waals surface area contributed by atoms with E-state index in [0.717, 1.165) is 6.42 Å². The average Bonchev–Trinajstić information content (AvgIpc) is 2.82. The second-order valence-corrected chi connectivity index (χ2v) is 4.06. The summed E-state index contributed by atoms with van der Waals surface area (Å²) in [6.07, 6.45) is 6.19. The number of nitrogens with zero attached hydrogens (tertiary/aromatic N) is 2. The van der Waals surface area contributed by atoms with Gasteiger partial charge in [-0.1, -0.05) is 6.08 Å². The van der Waals surface area contributed by atoms with E-state index in [1.165, 1.54) is 12.1 Å². The SMILES string of the molecule is O=C(O)c1ccc2nc(C3C=CN=CC3)oc2c1. The minimum atomic E-state index is -0.973. The molecule has 18 heavy (non-hydrogen) atoms. The first-order valence-corrected chi connectivity index (χ1v) is 5.56. The average molecular weight is 242 g/mol. The van der Waals surface area contributed by atoms with Gasteiger partial charge < -0.3 is 9.52 Å². The highest BCUT2D eigenvalue weighted by Gasteiger charge is 2.17. The molecule has 1 atom stereocenters. The number of fused-ring (bicyclic) bond motifs is 1. The summed E-state index contributed by atoms with van der Waals surface area (Å²) < 4.78 is 5.61. The highest BCUT2D eigenvalue weighted by atomic mass is 16.4. The van der Waals surface area contributed by atoms with Crippen molar-refractivity contribution in [1.29, 1.82) is 0 Å². The maximum absolute atomic E-state index is 10.9. The summed E-state index contributed by atoms with van der Waals surface area (Å²) in [5.41, 5.74) is 1.37. The predicted octanol–water partition coefficient (Wildman–Crippen LogP) is 2.60. The molecule has 0 fully saturated rings. The van der Waals surface area contributed by atoms with Crippen LogP contribution in [0.4, 0.5) is 0 Å². The third kappa shape index (κ3) is 1.79. The topological polar surface area (TPSA) is 75.7 Å². The second-order valence-electron chi connectivity index (χ2n) is 4.06. The van der Waals surface area contributed by atoms with Crippen LogP contribution in [-0.4, -0.2) is 22.3 Å². The molecule has 0 saturated heterocycles. The highest BCUT2D eigenvalue weighted by molar-refractivity contribution is 5.91. The number of aromatic carboxylic acids is 1. The fourth-order valence-corrected chi connectivity index (χ4v) is 1.88. The van der Waals surface area contributed by atoms with Crippen LogP contribution >= 0.6 is 0 Å². The van der Waals surface area contributed by atoms with Crippen molar-refractivity contribution >= 4 is 23.3 Å². The molecule has 0 bridgehead atoms. The minimum absolute atomic E-state index is 0.0724. The molecule has 2 heterocycles. The molecule has 1 N–H and O–H groups in total. The Morgan fingerprint density at radius 3 is 3.06 bits per heavy atom. The molecule has 5 heteroatoms. The summed E-state index contributed by atoms with van der Waals surface area (Å²) in [5.74, 6) is -0.308. The molecule has 90 valence electrons. The molecule has 0 spiro atoms. The molecular formula is C13H10N2O3. The van der Waals surface area contributed by atoms with Crippen LogP contribution in [0.3, 0.4) is 0 Å². The van der Waals surface area contributed by atoms with Gasteiger partial charge in [0.05, 0.1) is 11.5 Å². The number of hydrogen-bond acceptors (Lipinski definition) is 4. The van der Waals surface area contributed by atoms with Gasteiger partial charge in [0.15, 0.2) is 5.58 Å². The number of aromatic nitrogens is 1. The van der Waals surface area contributed by atoms with Gasteiger partial charge in [-0.25, -0.2) is 9.78 Å². The first kappa shape index (κ1) is 10.7. The second kappa shape index (κ2) is 4.10. The Morgan fingerprint density at radius 2 is 2.33 bits per heavy atom. The largest absolute Gasteiger partial charge is 0.478 e. The molecule has 1 aliphatic rings. The first-order valence-electron chi connectivity index (χ1n) is 5.56. The van der Waals surface area contributed by atoms with Gasteiger partial charge in [0, 0.05) is 12.4 Å². The molecule has 0 aliphatic carbocycles. The van der Waals surface area contributed by atoms with Crippen LogP contribution in [-0.2, 0) is 0 Å². The van der Waals surface area contributed by atoms with Crippen LogP contribution in [0, 0.1) is 0 Å². The molecule has 2 aromatic rings. The van der Waals surface area contributed by atoms with Crippen molar-refractivity contribution in [3.63, 3.8) is 0 Å². The fourth-order valence-electron chi connectivity index (χ4n) is 1.88. The maximum atomic E-state index is 10.9. The van der Waals surface area contributed by atoms with Gasteiger partial charge in [0.1, 0.15) is 5.52 Å². The number of hydrogen-bond donors (Lipinski definition) is 1. The van der Waals surface area contributed by atoms with Crippen molar-refractivity contribution in [3.05, 3.63) is 41.9 Å². The Kier molecular flexibility index (Phi) is 2.44. The zero-order valence-electron chi connectivity index (χ0n) is 9.41. The normalized spacial score (nSPS) is 18.3. The number of benzene rings is 1. The predicted molar refractivity (Wildman–Crippen MR) is 66.0 cm³/mol. The van der Waals surface area contributed by atoms with Crippen molar-refractivity contribution < 1.29 is 14.3 Å². The Morgan fingerprint density at radius 1 is 1.44 bits per heavy atom. The van der Waals surface area contributed by atoms with E-state index in [2.05, 4.69) is 9.98 Å². The van der Waals surface area contributed by atoms with E-state index in [0.29, 0.717) is 17.0 Å². The summed E-state index contributed by atoms with van der Waals surface area (Å²) in [6, 6.07) is 4.68. The number of allylic oxidation sites excluding steroid dienone is 1. The van der Waals surface area contributed by atoms with Crippen molar-refractivity contribution in [2.24, 2.45) is 4.99 Å². The van der Waals surface area contributed by atoms with E-state index >= 15 is 0 Å². The summed E-state index contributed by atoms with van der Waals surface area (Å²) in [5, 5.41) is 8.91. The standard InChI is InChI=1S/C13H10N2O3/c16-13(17)9-1-2-10-11(7-9)18-12(15-10)8-3-5-14-6-4-8/h1-3,5-8H,4H2,(H,16,17). The quantitative estimate of drug-likeness (QED) is 0.878. The minimum Gasteiger partial charge on any atom is -0.478 e. The van der Waals surface area contributed by atoms with Crippen LogP contribution in [0.1, 0.15) is 28.6 Å². The maximum Gasteiger partial charge on any atom is 0.335 e. The lowest BCUT2D eigenvalue weighted by atomic mass is 10.1. The van der Waals surface area contributed by atoms with Gasteiger partial charge in [0.25, 0.3) is 0 Å². The van der Waals surface area contributed by atoms with Crippen LogP contribution in [0.2, 0.25) is 0 Å². The molecule has 1 aliphatic heterocycles. The van der Waals surface area contributed by atoms with Gasteiger partial charge in [-0.3, -0.25) is 4.99 Å². The lowest BCUT2D eigenvalue weighted by Crippen LogP contribution is -1.98. The van der Waals surface area contributed by atoms with Crippen molar-refractivity contribution in [2.45, 2.75) is 12.3 Å². The van der Waals surface area contributed by atoms with E-state index in [-0.39, 0.29) is 11.5 Å². The number of aliphatic imine (C=N–C) groups is 1. The number of carbonyl (C=O) groups is 1. The summed E-state index contributed by atoms with van der Waals surface area (Å²) in [6.45, 7) is 0. The number of oxazole rings is 1. The molecule has 1 unspecified atom stereocenters. The molecule has 0 radical (unpaired) electrons. The molecule has 5 nitrogen and oxygen atoms in total. The van der Waals surface area contributed by atoms with Crippen molar-refractivity contribution in [3.8, 4) is 0 Å². The molecule has 1 aromatic carbocycles. The van der Waals surface area contributed by atoms with E-state index in [4.69, 9.17) is 9.52 Å². The van der Waals surface area contributed by atoms with E-state index in [1.54, 1.807) is 12.3 Å². The highest BCUT2D eigenvalue weighted by Crippen LogP contribution is 2.26. The van der Waals surface area contributed by atoms with E-state index < -0.39 is 5.97 Å². The summed E-state index contributed by atoms with van der Waals surface area (Å²) in [4.78, 5) is 19.2. The van der Waals surface area contributed by atoms with Gasteiger partial charge in [-0.05, 0) is 24.6 Å². The number of rotatable bonds is 2. The van der Waals surface area contributed by atoms with E-state index in [9.17, 15) is 4.79 Å². The van der Waals surface area contributed by atoms with Crippen LogP contribution < -0.4 is 0 Å². The van der Waals surface area contributed by atoms with Gasteiger partial charge >= 0.3 is 5.97 Å². The molecular weight excluding hydrogens is 232 g/mol. The first-order chi connectivity index (χ1) is 8.74. The Bertz CT molecular complexity index is 670. The molecule has 0 saturated carbocycles. The van der Waals surface area contributed by atoms with Crippen molar-refractivity contribution in [2.75, 3.05) is 0 Å². The number of carboxylic acid groups (broad SMARTS) is 1. The lowest BCUT2D eigenvalue weighted by molar-refractivity contribution is 0.0697. The zero-order valence-corrected chi connectivity index (χ0v) is 9.41. The third-order valence-corrected chi connectivity index (χ3v) is 2.84. The van der Waals surface area contributed by atoms with Gasteiger partial charge in [0.2, 0.25) is 5.89 Å². The van der Waals surface area contributed by atoms with Crippen LogP contribution in [0.25, 0.3) is 11.1 Å². The Hall–Kier alpha value is -2.43. The Labute approximate surface area is 102 Å². The molecule has 1 aromatic heterocycles. The monoisotopic (exact) mass is 242 g/mol. The molecule has 3 rings (SSSR count). The smallest absolute Gasteiger partial charge is 0.335 e. The fraction of sp³-hybridized carbons (Fsp3) is 0.154. The zero-order chi connectivity index (χ0) is 12.5. The van der Waals surface area contributed by atoms with Crippen LogP contribution in [0.15, 0.2) is 39.9 Å². The van der Waals surface area contributed by atoms with Gasteiger partial charge in [-0.2, -0.15) is 0 Å². The summed E-state index contributed by atoms with van der Waals surface area (Å²) >= 11 is 0. The summed E-state index contributed by atoms with van der Waals surface area (Å²) in [7, 11) is 0. The van der Waals surface area contributed by atoms with Gasteiger partial charge in [-0.15, -0.1) is 0 Å². The molecule has 0 amide bonds. The lowest BCUT2D eigenvalue weighted by Gasteiger charge is -2.06. The van der Waals surface area contributed by atoms with Crippen molar-refractivity contribution in [1.82, 2.24) is 4.98 Å².